The Kier molecular flexibility index (Phi) is 5.17. The van der Waals surface area contributed by atoms with Crippen molar-refractivity contribution in [2.45, 2.75) is 18.9 Å². The van der Waals surface area contributed by atoms with Crippen molar-refractivity contribution in [2.24, 2.45) is 0 Å². The van der Waals surface area contributed by atoms with Crippen molar-refractivity contribution >= 4 is 34.1 Å². The number of carbonyl (C=O) groups excluding carboxylic acids is 1. The first-order valence-corrected chi connectivity index (χ1v) is 10.5. The number of rotatable bonds is 4. The highest BCUT2D eigenvalue weighted by Gasteiger charge is 2.20. The molecule has 2 aromatic carbocycles. The Bertz CT molecular complexity index is 1240. The van der Waals surface area contributed by atoms with E-state index in [4.69, 9.17) is 11.6 Å². The maximum absolute atomic E-state index is 14.8. The summed E-state index contributed by atoms with van der Waals surface area (Å²) in [5.41, 5.74) is 2.29. The molecule has 1 fully saturated rings. The summed E-state index contributed by atoms with van der Waals surface area (Å²) in [4.78, 5) is 12.8. The molecule has 7 nitrogen and oxygen atoms in total. The Hall–Kier alpha value is -3.23. The minimum Gasteiger partial charge on any atom is -0.321 e. The Morgan fingerprint density at radius 3 is 2.74 bits per heavy atom. The molecular weight excluding hydrogens is 419 g/mol. The van der Waals surface area contributed by atoms with E-state index in [-0.39, 0.29) is 5.69 Å². The van der Waals surface area contributed by atoms with Gasteiger partial charge in [0, 0.05) is 39.5 Å². The van der Waals surface area contributed by atoms with E-state index in [1.54, 1.807) is 36.5 Å². The number of benzene rings is 2. The quantitative estimate of drug-likeness (QED) is 0.441. The summed E-state index contributed by atoms with van der Waals surface area (Å²) in [5.74, 6) is -0.790. The minimum absolute atomic E-state index is 0.192. The van der Waals surface area contributed by atoms with E-state index < -0.39 is 11.7 Å². The van der Waals surface area contributed by atoms with Crippen LogP contribution in [0.5, 0.6) is 0 Å². The first kappa shape index (κ1) is 19.7. The molecule has 0 atom stereocenters. The second kappa shape index (κ2) is 8.13. The van der Waals surface area contributed by atoms with E-state index in [1.165, 1.54) is 6.07 Å². The van der Waals surface area contributed by atoms with E-state index in [0.717, 1.165) is 25.9 Å². The maximum atomic E-state index is 14.8. The van der Waals surface area contributed by atoms with Crippen molar-refractivity contribution in [2.75, 3.05) is 18.4 Å². The molecule has 0 aliphatic carbocycles. The van der Waals surface area contributed by atoms with E-state index in [0.29, 0.717) is 38.8 Å². The van der Waals surface area contributed by atoms with Crippen LogP contribution in [-0.2, 0) is 0 Å². The normalized spacial score (nSPS) is 14.8. The van der Waals surface area contributed by atoms with Crippen LogP contribution < -0.4 is 10.6 Å². The number of anilines is 1. The summed E-state index contributed by atoms with van der Waals surface area (Å²) in [6.45, 7) is 1.89. The predicted octanol–water partition coefficient (Wildman–Crippen LogP) is 4.40. The number of nitrogens with zero attached hydrogens (tertiary/aromatic N) is 3. The fraction of sp³-hybridized carbons (Fsp3) is 0.227. The van der Waals surface area contributed by atoms with E-state index in [1.807, 2.05) is 10.9 Å². The molecule has 3 heterocycles. The number of amides is 1. The van der Waals surface area contributed by atoms with E-state index in [9.17, 15) is 9.18 Å². The van der Waals surface area contributed by atoms with Crippen molar-refractivity contribution in [1.82, 2.24) is 25.3 Å². The van der Waals surface area contributed by atoms with Crippen LogP contribution in [-0.4, -0.2) is 39.0 Å². The van der Waals surface area contributed by atoms with Crippen LogP contribution in [0, 0.1) is 5.82 Å². The number of carbonyl (C=O) groups is 1. The molecule has 9 heteroatoms. The van der Waals surface area contributed by atoms with Crippen molar-refractivity contribution in [3.63, 3.8) is 0 Å². The van der Waals surface area contributed by atoms with Crippen molar-refractivity contribution in [3.8, 4) is 11.1 Å². The average Bonchev–Trinajstić information content (AvgIpc) is 3.42. The van der Waals surface area contributed by atoms with Crippen LogP contribution in [0.1, 0.15) is 29.4 Å². The van der Waals surface area contributed by atoms with Crippen LogP contribution in [0.4, 0.5) is 10.1 Å². The molecule has 1 aliphatic heterocycles. The molecule has 4 aromatic rings. The molecule has 0 radical (unpaired) electrons. The number of H-pyrrole nitrogens is 1. The van der Waals surface area contributed by atoms with Gasteiger partial charge in [0.15, 0.2) is 5.69 Å². The fourth-order valence-corrected chi connectivity index (χ4v) is 4.03. The first-order valence-electron chi connectivity index (χ1n) is 10.1. The molecule has 1 amide bonds. The Labute approximate surface area is 182 Å². The first-order chi connectivity index (χ1) is 15.1. The van der Waals surface area contributed by atoms with Gasteiger partial charge in [-0.25, -0.2) is 4.39 Å². The van der Waals surface area contributed by atoms with E-state index >= 15 is 0 Å². The minimum atomic E-state index is -0.398. The smallest absolute Gasteiger partial charge is 0.276 e. The molecule has 0 saturated carbocycles. The molecule has 3 N–H and O–H groups in total. The lowest BCUT2D eigenvalue weighted by atomic mass is 10.0. The van der Waals surface area contributed by atoms with Crippen molar-refractivity contribution in [1.29, 1.82) is 0 Å². The zero-order valence-electron chi connectivity index (χ0n) is 16.5. The highest BCUT2D eigenvalue weighted by atomic mass is 35.5. The van der Waals surface area contributed by atoms with Gasteiger partial charge in [-0.1, -0.05) is 11.6 Å². The van der Waals surface area contributed by atoms with Gasteiger partial charge in [-0.05, 0) is 56.3 Å². The molecule has 0 unspecified atom stereocenters. The number of halogens is 2. The third kappa shape index (κ3) is 3.92. The molecule has 1 aliphatic rings. The maximum Gasteiger partial charge on any atom is 0.276 e. The monoisotopic (exact) mass is 438 g/mol. The molecule has 5 rings (SSSR count). The number of piperidine rings is 1. The van der Waals surface area contributed by atoms with Gasteiger partial charge in [0.05, 0.1) is 17.8 Å². The topological polar surface area (TPSA) is 87.6 Å². The van der Waals surface area contributed by atoms with Crippen LogP contribution in [0.15, 0.2) is 48.8 Å². The third-order valence-corrected chi connectivity index (χ3v) is 5.81. The molecular formula is C22H20ClFN6O. The van der Waals surface area contributed by atoms with Crippen LogP contribution >= 0.6 is 11.6 Å². The second-order valence-electron chi connectivity index (χ2n) is 7.60. The van der Waals surface area contributed by atoms with Crippen molar-refractivity contribution in [3.05, 3.63) is 65.3 Å². The van der Waals surface area contributed by atoms with Gasteiger partial charge in [0.25, 0.3) is 5.91 Å². The Morgan fingerprint density at radius 2 is 1.97 bits per heavy atom. The summed E-state index contributed by atoms with van der Waals surface area (Å²) in [7, 11) is 0. The van der Waals surface area contributed by atoms with Crippen LogP contribution in [0.25, 0.3) is 22.0 Å². The van der Waals surface area contributed by atoms with Gasteiger partial charge in [0.1, 0.15) is 5.82 Å². The summed E-state index contributed by atoms with van der Waals surface area (Å²) in [5, 5.41) is 18.5. The molecule has 158 valence electrons. The van der Waals surface area contributed by atoms with Crippen LogP contribution in [0.3, 0.4) is 0 Å². The number of aromatic amines is 1. The summed E-state index contributed by atoms with van der Waals surface area (Å²) >= 11 is 5.89. The SMILES string of the molecule is O=C(Nc1ccc(Cl)cc1)c1n[nH]c2cc(F)c(-c3cnn(C4CCNCC4)c3)cc12. The van der Waals surface area contributed by atoms with Gasteiger partial charge < -0.3 is 10.6 Å². The Morgan fingerprint density at radius 1 is 1.19 bits per heavy atom. The van der Waals surface area contributed by atoms with Crippen molar-refractivity contribution < 1.29 is 9.18 Å². The lowest BCUT2D eigenvalue weighted by molar-refractivity contribution is 0.102. The molecule has 1 saturated heterocycles. The highest BCUT2D eigenvalue weighted by molar-refractivity contribution is 6.30. The zero-order chi connectivity index (χ0) is 21.4. The molecule has 0 spiro atoms. The molecule has 31 heavy (non-hydrogen) atoms. The molecule has 2 aromatic heterocycles. The number of fused-ring (bicyclic) bond motifs is 1. The van der Waals surface area contributed by atoms with Gasteiger partial charge >= 0.3 is 0 Å². The lowest BCUT2D eigenvalue weighted by Crippen LogP contribution is -2.29. The summed E-state index contributed by atoms with van der Waals surface area (Å²) < 4.78 is 16.8. The predicted molar refractivity (Wildman–Crippen MR) is 118 cm³/mol. The standard InChI is InChI=1S/C22H20ClFN6O/c23-14-1-3-15(4-2-14)27-22(31)21-18-9-17(19(24)10-20(18)28-29-21)13-11-26-30(12-13)16-5-7-25-8-6-16/h1-4,9-12,16,25H,5-8H2,(H,27,31)(H,28,29). The number of hydrogen-bond acceptors (Lipinski definition) is 4. The van der Waals surface area contributed by atoms with Crippen LogP contribution in [0.2, 0.25) is 5.02 Å². The molecule has 0 bridgehead atoms. The third-order valence-electron chi connectivity index (χ3n) is 5.56. The van der Waals surface area contributed by atoms with Gasteiger partial charge in [0.2, 0.25) is 0 Å². The van der Waals surface area contributed by atoms with E-state index in [2.05, 4.69) is 25.9 Å². The van der Waals surface area contributed by atoms with Gasteiger partial charge in [-0.3, -0.25) is 14.6 Å². The summed E-state index contributed by atoms with van der Waals surface area (Å²) in [6.07, 6.45) is 5.51. The number of nitrogens with one attached hydrogen (secondary N) is 3. The Balaban J connectivity index is 1.46. The van der Waals surface area contributed by atoms with Gasteiger partial charge in [-0.2, -0.15) is 10.2 Å². The number of aromatic nitrogens is 4. The fourth-order valence-electron chi connectivity index (χ4n) is 3.90. The second-order valence-corrected chi connectivity index (χ2v) is 8.04. The lowest BCUT2D eigenvalue weighted by Gasteiger charge is -2.22. The summed E-state index contributed by atoms with van der Waals surface area (Å²) in [6, 6.07) is 10.1. The highest BCUT2D eigenvalue weighted by Crippen LogP contribution is 2.30. The van der Waals surface area contributed by atoms with Gasteiger partial charge in [-0.15, -0.1) is 0 Å². The number of hydrogen-bond donors (Lipinski definition) is 3. The average molecular weight is 439 g/mol. The zero-order valence-corrected chi connectivity index (χ0v) is 17.3. The largest absolute Gasteiger partial charge is 0.321 e.